The molecule has 0 saturated heterocycles. The summed E-state index contributed by atoms with van der Waals surface area (Å²) in [6.07, 6.45) is 0. The highest BCUT2D eigenvalue weighted by molar-refractivity contribution is 6.16. The first kappa shape index (κ1) is 34.4. The van der Waals surface area contributed by atoms with E-state index < -0.39 is 0 Å². The van der Waals surface area contributed by atoms with Crippen molar-refractivity contribution in [3.8, 4) is 33.6 Å². The Hall–Kier alpha value is -7.62. The van der Waals surface area contributed by atoms with Crippen molar-refractivity contribution < 1.29 is 0 Å². The molecule has 3 nitrogen and oxygen atoms in total. The van der Waals surface area contributed by atoms with E-state index >= 15 is 0 Å². The molecule has 0 unspecified atom stereocenters. The van der Waals surface area contributed by atoms with E-state index in [1.54, 1.807) is 0 Å². The van der Waals surface area contributed by atoms with Crippen molar-refractivity contribution >= 4 is 60.7 Å². The molecule has 284 valence electrons. The Labute approximate surface area is 349 Å². The number of aromatic nitrogens is 2. The topological polar surface area (TPSA) is 13.1 Å². The van der Waals surface area contributed by atoms with E-state index in [-0.39, 0.29) is 5.41 Å². The van der Waals surface area contributed by atoms with E-state index in [0.29, 0.717) is 0 Å². The summed E-state index contributed by atoms with van der Waals surface area (Å²) in [5.41, 5.74) is 18.1. The Morgan fingerprint density at radius 2 is 0.883 bits per heavy atom. The zero-order valence-electron chi connectivity index (χ0n) is 33.5. The van der Waals surface area contributed by atoms with Crippen molar-refractivity contribution in [2.75, 3.05) is 4.90 Å². The van der Waals surface area contributed by atoms with Gasteiger partial charge in [0, 0.05) is 55.4 Å². The highest BCUT2D eigenvalue weighted by Crippen LogP contribution is 2.51. The molecule has 0 atom stereocenters. The van der Waals surface area contributed by atoms with Gasteiger partial charge in [-0.15, -0.1) is 0 Å². The highest BCUT2D eigenvalue weighted by atomic mass is 15.1. The second-order valence-electron chi connectivity index (χ2n) is 16.6. The summed E-state index contributed by atoms with van der Waals surface area (Å²) < 4.78 is 4.81. The molecule has 2 heterocycles. The summed E-state index contributed by atoms with van der Waals surface area (Å²) >= 11 is 0. The van der Waals surface area contributed by atoms with Gasteiger partial charge < -0.3 is 14.0 Å². The molecule has 2 aromatic heterocycles. The van der Waals surface area contributed by atoms with Gasteiger partial charge in [-0.05, 0) is 112 Å². The fourth-order valence-corrected chi connectivity index (χ4v) is 10.2. The number of hydrogen-bond acceptors (Lipinski definition) is 1. The van der Waals surface area contributed by atoms with Gasteiger partial charge in [-0.25, -0.2) is 0 Å². The molecule has 0 N–H and O–H groups in total. The van der Waals surface area contributed by atoms with Crippen LogP contribution in [0.4, 0.5) is 17.1 Å². The molecular weight excluding hydrogens is 727 g/mol. The third kappa shape index (κ3) is 5.09. The number of anilines is 3. The van der Waals surface area contributed by atoms with E-state index in [2.05, 4.69) is 240 Å². The standard InChI is InChI=1S/C57H41N3/c1-57(2)50-27-12-9-23-45(50)49-36-42(32-34-51(49)57)58(43-31-33-47-46-24-10-13-28-52(46)60(55(47)37-43)40-20-7-4-8-21-40)41-22-15-17-38(35-41)44-26-16-30-54-56(44)48-25-11-14-29-53(48)59(54)39-18-5-3-6-19-39/h3-37H,1-2H3. The van der Waals surface area contributed by atoms with Crippen LogP contribution in [0, 0.1) is 0 Å². The number of benzene rings is 9. The van der Waals surface area contributed by atoms with Crippen LogP contribution < -0.4 is 4.90 Å². The molecule has 0 aliphatic heterocycles. The predicted octanol–water partition coefficient (Wildman–Crippen LogP) is 15.3. The van der Waals surface area contributed by atoms with Crippen molar-refractivity contribution in [2.45, 2.75) is 19.3 Å². The van der Waals surface area contributed by atoms with Gasteiger partial charge in [-0.3, -0.25) is 0 Å². The summed E-state index contributed by atoms with van der Waals surface area (Å²) in [5, 5.41) is 4.98. The average Bonchev–Trinajstić information content (AvgIpc) is 3.90. The molecule has 1 aliphatic carbocycles. The van der Waals surface area contributed by atoms with Crippen molar-refractivity contribution in [3.05, 3.63) is 223 Å². The van der Waals surface area contributed by atoms with Crippen LogP contribution in [0.5, 0.6) is 0 Å². The molecule has 0 saturated carbocycles. The lowest BCUT2D eigenvalue weighted by atomic mass is 9.82. The third-order valence-corrected chi connectivity index (χ3v) is 12.9. The first-order valence-electron chi connectivity index (χ1n) is 20.9. The van der Waals surface area contributed by atoms with Crippen LogP contribution >= 0.6 is 0 Å². The first-order valence-corrected chi connectivity index (χ1v) is 20.9. The summed E-state index contributed by atoms with van der Waals surface area (Å²) in [6, 6.07) is 77.9. The molecule has 0 spiro atoms. The molecule has 1 aliphatic rings. The molecule has 9 aromatic carbocycles. The van der Waals surface area contributed by atoms with E-state index in [9.17, 15) is 0 Å². The van der Waals surface area contributed by atoms with Gasteiger partial charge in [0.2, 0.25) is 0 Å². The number of hydrogen-bond donors (Lipinski definition) is 0. The average molecular weight is 768 g/mol. The van der Waals surface area contributed by atoms with Crippen LogP contribution in [0.25, 0.3) is 77.2 Å². The van der Waals surface area contributed by atoms with Crippen LogP contribution in [-0.2, 0) is 5.41 Å². The Balaban J connectivity index is 1.10. The van der Waals surface area contributed by atoms with Crippen molar-refractivity contribution in [2.24, 2.45) is 0 Å². The summed E-state index contributed by atoms with van der Waals surface area (Å²) in [5.74, 6) is 0. The van der Waals surface area contributed by atoms with Gasteiger partial charge in [0.15, 0.2) is 0 Å². The van der Waals surface area contributed by atoms with E-state index in [4.69, 9.17) is 0 Å². The monoisotopic (exact) mass is 767 g/mol. The Morgan fingerprint density at radius 1 is 0.350 bits per heavy atom. The number of para-hydroxylation sites is 4. The molecule has 12 rings (SSSR count). The largest absolute Gasteiger partial charge is 0.310 e. The maximum absolute atomic E-state index is 2.46. The normalized spacial score (nSPS) is 13.0. The SMILES string of the molecule is CC1(C)c2ccccc2-c2cc(N(c3cccc(-c4cccc5c4c4ccccc4n5-c4ccccc4)c3)c3ccc4c5ccccc5n(-c5ccccc5)c4c3)ccc21. The predicted molar refractivity (Wildman–Crippen MR) is 253 cm³/mol. The first-order chi connectivity index (χ1) is 29.5. The van der Waals surface area contributed by atoms with Gasteiger partial charge in [-0.1, -0.05) is 147 Å². The molecule has 60 heavy (non-hydrogen) atoms. The molecule has 3 heteroatoms. The lowest BCUT2D eigenvalue weighted by molar-refractivity contribution is 0.660. The summed E-state index contributed by atoms with van der Waals surface area (Å²) in [6.45, 7) is 4.70. The Morgan fingerprint density at radius 3 is 1.67 bits per heavy atom. The van der Waals surface area contributed by atoms with Gasteiger partial charge >= 0.3 is 0 Å². The number of nitrogens with zero attached hydrogens (tertiary/aromatic N) is 3. The van der Waals surface area contributed by atoms with E-state index in [0.717, 1.165) is 28.4 Å². The van der Waals surface area contributed by atoms with Gasteiger partial charge in [0.05, 0.1) is 22.1 Å². The summed E-state index contributed by atoms with van der Waals surface area (Å²) in [4.78, 5) is 2.46. The Kier molecular flexibility index (Phi) is 7.58. The third-order valence-electron chi connectivity index (χ3n) is 12.9. The fourth-order valence-electron chi connectivity index (χ4n) is 10.2. The quantitative estimate of drug-likeness (QED) is 0.164. The highest BCUT2D eigenvalue weighted by Gasteiger charge is 2.35. The van der Waals surface area contributed by atoms with Gasteiger partial charge in [0.25, 0.3) is 0 Å². The molecule has 11 aromatic rings. The molecular formula is C57H41N3. The molecule has 0 bridgehead atoms. The van der Waals surface area contributed by atoms with Crippen LogP contribution in [0.1, 0.15) is 25.0 Å². The molecule has 0 amide bonds. The molecule has 0 fully saturated rings. The van der Waals surface area contributed by atoms with Crippen LogP contribution in [0.15, 0.2) is 212 Å². The van der Waals surface area contributed by atoms with Gasteiger partial charge in [-0.2, -0.15) is 0 Å². The summed E-state index contributed by atoms with van der Waals surface area (Å²) in [7, 11) is 0. The van der Waals surface area contributed by atoms with Gasteiger partial charge in [0.1, 0.15) is 0 Å². The van der Waals surface area contributed by atoms with Crippen LogP contribution in [0.2, 0.25) is 0 Å². The maximum atomic E-state index is 2.46. The minimum absolute atomic E-state index is 0.0810. The number of rotatable bonds is 6. The lowest BCUT2D eigenvalue weighted by Crippen LogP contribution is -2.15. The van der Waals surface area contributed by atoms with E-state index in [1.807, 2.05) is 0 Å². The van der Waals surface area contributed by atoms with Crippen molar-refractivity contribution in [1.29, 1.82) is 0 Å². The van der Waals surface area contributed by atoms with Crippen LogP contribution in [-0.4, -0.2) is 9.13 Å². The zero-order chi connectivity index (χ0) is 40.0. The maximum Gasteiger partial charge on any atom is 0.0561 e. The minimum atomic E-state index is -0.0810. The fraction of sp³-hybridized carbons (Fsp3) is 0.0526. The smallest absolute Gasteiger partial charge is 0.0561 e. The zero-order valence-corrected chi connectivity index (χ0v) is 33.5. The van der Waals surface area contributed by atoms with E-state index in [1.165, 1.54) is 77.0 Å². The second kappa shape index (κ2) is 13.2. The van der Waals surface area contributed by atoms with Crippen molar-refractivity contribution in [3.63, 3.8) is 0 Å². The lowest BCUT2D eigenvalue weighted by Gasteiger charge is -2.28. The molecule has 0 radical (unpaired) electrons. The van der Waals surface area contributed by atoms with Crippen molar-refractivity contribution in [1.82, 2.24) is 9.13 Å². The number of fused-ring (bicyclic) bond motifs is 9. The Bertz CT molecular complexity index is 3460. The second-order valence-corrected chi connectivity index (χ2v) is 16.6. The van der Waals surface area contributed by atoms with Crippen LogP contribution in [0.3, 0.4) is 0 Å². The minimum Gasteiger partial charge on any atom is -0.310 e.